The van der Waals surface area contributed by atoms with Gasteiger partial charge in [-0.3, -0.25) is 4.90 Å². The van der Waals surface area contributed by atoms with E-state index in [2.05, 4.69) is 20.6 Å². The second-order valence-corrected chi connectivity index (χ2v) is 7.60. The number of benzene rings is 1. The predicted octanol–water partition coefficient (Wildman–Crippen LogP) is 2.27. The van der Waals surface area contributed by atoms with E-state index in [1.807, 2.05) is 25.3 Å². The van der Waals surface area contributed by atoms with Crippen molar-refractivity contribution in [2.45, 2.75) is 38.0 Å². The van der Waals surface area contributed by atoms with Gasteiger partial charge in [-0.05, 0) is 31.9 Å². The summed E-state index contributed by atoms with van der Waals surface area (Å²) in [5.41, 5.74) is 1.95. The van der Waals surface area contributed by atoms with Crippen molar-refractivity contribution in [2.75, 3.05) is 40.5 Å². The minimum Gasteiger partial charge on any atom is -0.496 e. The van der Waals surface area contributed by atoms with E-state index in [0.29, 0.717) is 18.5 Å². The fourth-order valence-corrected chi connectivity index (χ4v) is 4.59. The van der Waals surface area contributed by atoms with Crippen molar-refractivity contribution in [3.8, 4) is 22.9 Å². The van der Waals surface area contributed by atoms with Crippen molar-refractivity contribution in [2.24, 2.45) is 0 Å². The Balaban J connectivity index is 1.60. The first-order valence-corrected chi connectivity index (χ1v) is 9.87. The Morgan fingerprint density at radius 2 is 2.07 bits per heavy atom. The highest BCUT2D eigenvalue weighted by atomic mass is 16.5. The lowest BCUT2D eigenvalue weighted by Crippen LogP contribution is -2.46. The number of morpholine rings is 1. The Morgan fingerprint density at radius 3 is 2.82 bits per heavy atom. The average Bonchev–Trinajstić information content (AvgIpc) is 3.34. The van der Waals surface area contributed by atoms with E-state index in [9.17, 15) is 5.11 Å². The first-order chi connectivity index (χ1) is 13.7. The van der Waals surface area contributed by atoms with Gasteiger partial charge in [-0.1, -0.05) is 0 Å². The van der Waals surface area contributed by atoms with Crippen molar-refractivity contribution >= 4 is 0 Å². The van der Waals surface area contributed by atoms with Gasteiger partial charge in [0.2, 0.25) is 0 Å². The molecule has 28 heavy (non-hydrogen) atoms. The number of aliphatic hydroxyl groups is 1. The molecular weight excluding hydrogens is 358 g/mol. The molecule has 3 heterocycles. The first kappa shape index (κ1) is 19.2. The van der Waals surface area contributed by atoms with Crippen molar-refractivity contribution < 1.29 is 19.3 Å². The number of fused-ring (bicyclic) bond motifs is 1. The molecule has 0 unspecified atom stereocenters. The summed E-state index contributed by atoms with van der Waals surface area (Å²) in [5.74, 6) is 2.53. The number of methoxy groups -OCH3 is 2. The molecule has 0 radical (unpaired) electrons. The molecule has 0 saturated carbocycles. The van der Waals surface area contributed by atoms with Gasteiger partial charge in [-0.2, -0.15) is 0 Å². The molecule has 1 aromatic heterocycles. The van der Waals surface area contributed by atoms with Gasteiger partial charge in [0, 0.05) is 49.7 Å². The molecule has 2 aromatic rings. The van der Waals surface area contributed by atoms with E-state index in [-0.39, 0.29) is 12.7 Å². The van der Waals surface area contributed by atoms with Crippen molar-refractivity contribution in [1.29, 1.82) is 0 Å². The van der Waals surface area contributed by atoms with Crippen molar-refractivity contribution in [1.82, 2.24) is 14.5 Å². The van der Waals surface area contributed by atoms with Crippen LogP contribution in [0.4, 0.5) is 0 Å². The summed E-state index contributed by atoms with van der Waals surface area (Å²) in [6.07, 6.45) is 5.78. The third-order valence-electron chi connectivity index (χ3n) is 6.00. The third kappa shape index (κ3) is 3.38. The van der Waals surface area contributed by atoms with Crippen LogP contribution in [0.15, 0.2) is 24.5 Å². The van der Waals surface area contributed by atoms with Gasteiger partial charge >= 0.3 is 0 Å². The van der Waals surface area contributed by atoms with E-state index in [0.717, 1.165) is 54.6 Å². The molecule has 3 atom stereocenters. The highest BCUT2D eigenvalue weighted by Gasteiger charge is 2.38. The van der Waals surface area contributed by atoms with Crippen LogP contribution in [0.1, 0.15) is 24.4 Å². The topological polar surface area (TPSA) is 69.0 Å². The maximum absolute atomic E-state index is 9.20. The lowest BCUT2D eigenvalue weighted by molar-refractivity contribution is -0.0567. The fourth-order valence-electron chi connectivity index (χ4n) is 4.59. The third-order valence-corrected chi connectivity index (χ3v) is 6.00. The standard InChI is InChI=1S/C21H29N3O4/c1-14-19(26-2)5-4-18(20(14)27-3)21-22-7-8-24(21)15-10-16-13-28-17(6-9-25)12-23(16)11-15/h4-5,7-8,15-17,25H,6,9-13H2,1-3H3/t15-,16-,17-/m0/s1. The van der Waals surface area contributed by atoms with E-state index >= 15 is 0 Å². The molecule has 0 bridgehead atoms. The molecule has 0 amide bonds. The molecular formula is C21H29N3O4. The van der Waals surface area contributed by atoms with Gasteiger partial charge in [0.1, 0.15) is 17.3 Å². The molecule has 7 nitrogen and oxygen atoms in total. The molecule has 2 saturated heterocycles. The van der Waals surface area contributed by atoms with Crippen LogP contribution in [0.3, 0.4) is 0 Å². The van der Waals surface area contributed by atoms with Gasteiger partial charge < -0.3 is 23.9 Å². The van der Waals surface area contributed by atoms with E-state index in [1.54, 1.807) is 14.2 Å². The Hall–Kier alpha value is -2.09. The number of imidazole rings is 1. The van der Waals surface area contributed by atoms with E-state index in [1.165, 1.54) is 0 Å². The molecule has 2 aliphatic heterocycles. The lowest BCUT2D eigenvalue weighted by Gasteiger charge is -2.34. The van der Waals surface area contributed by atoms with Crippen LogP contribution >= 0.6 is 0 Å². The Morgan fingerprint density at radius 1 is 1.21 bits per heavy atom. The number of aromatic nitrogens is 2. The number of hydrogen-bond donors (Lipinski definition) is 1. The van der Waals surface area contributed by atoms with Gasteiger partial charge in [-0.15, -0.1) is 0 Å². The van der Waals surface area contributed by atoms with Crippen LogP contribution in [-0.4, -0.2) is 72.2 Å². The second kappa shape index (κ2) is 8.11. The van der Waals surface area contributed by atoms with Crippen LogP contribution in [0.2, 0.25) is 0 Å². The molecule has 2 fully saturated rings. The average molecular weight is 387 g/mol. The van der Waals surface area contributed by atoms with Crippen LogP contribution in [0.25, 0.3) is 11.4 Å². The molecule has 0 aliphatic carbocycles. The maximum Gasteiger partial charge on any atom is 0.143 e. The van der Waals surface area contributed by atoms with Crippen LogP contribution in [0, 0.1) is 6.92 Å². The molecule has 1 aromatic carbocycles. The normalized spacial score (nSPS) is 24.9. The van der Waals surface area contributed by atoms with Gasteiger partial charge in [0.25, 0.3) is 0 Å². The number of hydrogen-bond acceptors (Lipinski definition) is 6. The minimum atomic E-state index is 0.131. The van der Waals surface area contributed by atoms with Crippen LogP contribution < -0.4 is 9.47 Å². The predicted molar refractivity (Wildman–Crippen MR) is 106 cm³/mol. The monoisotopic (exact) mass is 387 g/mol. The largest absolute Gasteiger partial charge is 0.496 e. The number of rotatable bonds is 6. The zero-order valence-corrected chi connectivity index (χ0v) is 16.8. The fraction of sp³-hybridized carbons (Fsp3) is 0.571. The van der Waals surface area contributed by atoms with Crippen LogP contribution in [-0.2, 0) is 4.74 Å². The van der Waals surface area contributed by atoms with Crippen molar-refractivity contribution in [3.05, 3.63) is 30.1 Å². The first-order valence-electron chi connectivity index (χ1n) is 9.87. The zero-order valence-electron chi connectivity index (χ0n) is 16.8. The highest BCUT2D eigenvalue weighted by Crippen LogP contribution is 2.39. The Kier molecular flexibility index (Phi) is 5.57. The lowest BCUT2D eigenvalue weighted by atomic mass is 10.1. The molecule has 4 rings (SSSR count). The Bertz CT molecular complexity index is 822. The molecule has 2 aliphatic rings. The van der Waals surface area contributed by atoms with Gasteiger partial charge in [0.05, 0.1) is 32.5 Å². The molecule has 7 heteroatoms. The summed E-state index contributed by atoms with van der Waals surface area (Å²) in [6, 6.07) is 4.75. The number of ether oxygens (including phenoxy) is 3. The molecule has 0 spiro atoms. The smallest absolute Gasteiger partial charge is 0.143 e. The molecule has 152 valence electrons. The molecule has 1 N–H and O–H groups in total. The minimum absolute atomic E-state index is 0.131. The highest BCUT2D eigenvalue weighted by molar-refractivity contribution is 5.69. The van der Waals surface area contributed by atoms with Crippen LogP contribution in [0.5, 0.6) is 11.5 Å². The summed E-state index contributed by atoms with van der Waals surface area (Å²) in [4.78, 5) is 7.15. The number of nitrogens with zero attached hydrogens (tertiary/aromatic N) is 3. The quantitative estimate of drug-likeness (QED) is 0.820. The van der Waals surface area contributed by atoms with Crippen molar-refractivity contribution in [3.63, 3.8) is 0 Å². The van der Waals surface area contributed by atoms with E-state index < -0.39 is 0 Å². The summed E-state index contributed by atoms with van der Waals surface area (Å²) >= 11 is 0. The Labute approximate surface area is 165 Å². The zero-order chi connectivity index (χ0) is 19.7. The maximum atomic E-state index is 9.20. The SMILES string of the molecule is COc1ccc(-c2nccn2[C@H]2C[C@H]3CO[C@@H](CCO)CN3C2)c(OC)c1C. The van der Waals surface area contributed by atoms with Gasteiger partial charge in [0.15, 0.2) is 0 Å². The summed E-state index contributed by atoms with van der Waals surface area (Å²) < 4.78 is 19.3. The van der Waals surface area contributed by atoms with Gasteiger partial charge in [-0.25, -0.2) is 4.98 Å². The second-order valence-electron chi connectivity index (χ2n) is 7.60. The summed E-state index contributed by atoms with van der Waals surface area (Å²) in [7, 11) is 3.36. The summed E-state index contributed by atoms with van der Waals surface area (Å²) in [5, 5.41) is 9.20. The van der Waals surface area contributed by atoms with E-state index in [4.69, 9.17) is 14.2 Å². The summed E-state index contributed by atoms with van der Waals surface area (Å²) in [6.45, 7) is 4.77. The number of aliphatic hydroxyl groups excluding tert-OH is 1.